The maximum atomic E-state index is 12.3. The van der Waals surface area contributed by atoms with Crippen molar-refractivity contribution in [2.75, 3.05) is 17.7 Å². The molecule has 146 valence electrons. The molecule has 1 aliphatic carbocycles. The number of hydrogen-bond acceptors (Lipinski definition) is 9. The van der Waals surface area contributed by atoms with Crippen LogP contribution in [0.25, 0.3) is 0 Å². The largest absolute Gasteiger partial charge is 0.462 e. The van der Waals surface area contributed by atoms with Gasteiger partial charge >= 0.3 is 5.97 Å². The summed E-state index contributed by atoms with van der Waals surface area (Å²) in [6, 6.07) is 0.313. The van der Waals surface area contributed by atoms with Crippen molar-refractivity contribution in [3.05, 3.63) is 10.6 Å². The van der Waals surface area contributed by atoms with Gasteiger partial charge in [-0.15, -0.1) is 5.10 Å². The fraction of sp³-hybridized carbons (Fsp3) is 0.625. The van der Waals surface area contributed by atoms with Crippen molar-refractivity contribution >= 4 is 40.1 Å². The van der Waals surface area contributed by atoms with Crippen molar-refractivity contribution in [3.63, 3.8) is 0 Å². The zero-order valence-corrected chi connectivity index (χ0v) is 16.9. The summed E-state index contributed by atoms with van der Waals surface area (Å²) in [5, 5.41) is 15.7. The lowest BCUT2D eigenvalue weighted by atomic mass is 9.96. The number of ether oxygens (including phenoxy) is 1. The summed E-state index contributed by atoms with van der Waals surface area (Å²) >= 11 is 2.41. The molecule has 2 aromatic rings. The van der Waals surface area contributed by atoms with E-state index < -0.39 is 5.97 Å². The van der Waals surface area contributed by atoms with Gasteiger partial charge in [0, 0.05) is 0 Å². The van der Waals surface area contributed by atoms with E-state index in [4.69, 9.17) is 4.74 Å². The Hall–Kier alpha value is -2.01. The first-order chi connectivity index (χ1) is 13.1. The van der Waals surface area contributed by atoms with Crippen molar-refractivity contribution in [2.24, 2.45) is 0 Å². The number of esters is 1. The Bertz CT molecular complexity index is 800. The third kappa shape index (κ3) is 5.04. The van der Waals surface area contributed by atoms with Crippen LogP contribution < -0.4 is 5.32 Å². The lowest BCUT2D eigenvalue weighted by molar-refractivity contribution is -0.113. The highest BCUT2D eigenvalue weighted by Crippen LogP contribution is 2.30. The SMILES string of the molecule is CCOC(=O)c1sc(NC(=O)CSc2nnnn2C2CCCCC2)nc1C. The van der Waals surface area contributed by atoms with E-state index >= 15 is 0 Å². The molecule has 0 atom stereocenters. The fourth-order valence-corrected chi connectivity index (χ4v) is 4.58. The Balaban J connectivity index is 1.56. The number of rotatable bonds is 7. The predicted octanol–water partition coefficient (Wildman–Crippen LogP) is 2.85. The number of nitrogens with zero attached hydrogens (tertiary/aromatic N) is 5. The minimum Gasteiger partial charge on any atom is -0.462 e. The standard InChI is InChI=1S/C16H22N6O3S2/c1-3-25-14(24)13-10(2)17-15(27-13)18-12(23)9-26-16-19-20-21-22(16)11-7-5-4-6-8-11/h11H,3-9H2,1-2H3,(H,17,18,23). The molecule has 2 heterocycles. The van der Waals surface area contributed by atoms with Crippen LogP contribution >= 0.6 is 23.1 Å². The first-order valence-corrected chi connectivity index (χ1v) is 10.7. The molecular weight excluding hydrogens is 388 g/mol. The van der Waals surface area contributed by atoms with Crippen LogP contribution in [0.15, 0.2) is 5.16 Å². The summed E-state index contributed by atoms with van der Waals surface area (Å²) in [4.78, 5) is 28.7. The van der Waals surface area contributed by atoms with Gasteiger partial charge in [0.1, 0.15) is 4.88 Å². The van der Waals surface area contributed by atoms with Crippen molar-refractivity contribution in [1.29, 1.82) is 0 Å². The van der Waals surface area contributed by atoms with Crippen LogP contribution in [0.5, 0.6) is 0 Å². The third-order valence-corrected chi connectivity index (χ3v) is 6.21. The second kappa shape index (κ2) is 9.27. The zero-order chi connectivity index (χ0) is 19.2. The minimum absolute atomic E-state index is 0.167. The van der Waals surface area contributed by atoms with Crippen molar-refractivity contribution < 1.29 is 14.3 Å². The highest BCUT2D eigenvalue weighted by atomic mass is 32.2. The van der Waals surface area contributed by atoms with E-state index in [1.165, 1.54) is 31.0 Å². The molecule has 11 heteroatoms. The maximum Gasteiger partial charge on any atom is 0.350 e. The number of nitrogens with one attached hydrogen (secondary N) is 1. The smallest absolute Gasteiger partial charge is 0.350 e. The first kappa shape index (κ1) is 19.7. The van der Waals surface area contributed by atoms with E-state index in [0.717, 1.165) is 24.2 Å². The molecule has 1 amide bonds. The molecule has 1 fully saturated rings. The Labute approximate surface area is 165 Å². The number of amides is 1. The summed E-state index contributed by atoms with van der Waals surface area (Å²) in [7, 11) is 0. The molecule has 0 spiro atoms. The molecule has 3 rings (SSSR count). The summed E-state index contributed by atoms with van der Waals surface area (Å²) in [5.74, 6) is -0.475. The summed E-state index contributed by atoms with van der Waals surface area (Å²) in [5.41, 5.74) is 0.544. The minimum atomic E-state index is -0.422. The summed E-state index contributed by atoms with van der Waals surface area (Å²) in [6.45, 7) is 3.75. The number of carbonyl (C=O) groups is 2. The van der Waals surface area contributed by atoms with Crippen LogP contribution in [-0.4, -0.2) is 49.4 Å². The number of aryl methyl sites for hydroxylation is 1. The molecule has 1 N–H and O–H groups in total. The molecule has 0 aromatic carbocycles. The number of thioether (sulfide) groups is 1. The van der Waals surface area contributed by atoms with Gasteiger partial charge in [-0.05, 0) is 37.1 Å². The fourth-order valence-electron chi connectivity index (χ4n) is 2.96. The van der Waals surface area contributed by atoms with Crippen LogP contribution in [0.1, 0.15) is 60.4 Å². The van der Waals surface area contributed by atoms with E-state index in [1.54, 1.807) is 13.8 Å². The molecule has 1 saturated carbocycles. The topological polar surface area (TPSA) is 112 Å². The normalized spacial score (nSPS) is 14.9. The average Bonchev–Trinajstić information content (AvgIpc) is 3.27. The molecule has 2 aromatic heterocycles. The number of tetrazole rings is 1. The van der Waals surface area contributed by atoms with Crippen molar-refractivity contribution in [2.45, 2.75) is 57.1 Å². The summed E-state index contributed by atoms with van der Waals surface area (Å²) < 4.78 is 6.82. The van der Waals surface area contributed by atoms with Gasteiger partial charge in [-0.2, -0.15) is 0 Å². The molecule has 0 saturated heterocycles. The molecule has 1 aliphatic rings. The molecular formula is C16H22N6O3S2. The molecule has 0 radical (unpaired) electrons. The lowest BCUT2D eigenvalue weighted by Crippen LogP contribution is -2.17. The van der Waals surface area contributed by atoms with E-state index in [2.05, 4.69) is 25.8 Å². The molecule has 0 aliphatic heterocycles. The zero-order valence-electron chi connectivity index (χ0n) is 15.3. The van der Waals surface area contributed by atoms with Gasteiger partial charge in [0.05, 0.1) is 24.1 Å². The Kier molecular flexibility index (Phi) is 6.78. The second-order valence-corrected chi connectivity index (χ2v) is 8.13. The van der Waals surface area contributed by atoms with Gasteiger partial charge < -0.3 is 10.1 Å². The van der Waals surface area contributed by atoms with Gasteiger partial charge in [0.2, 0.25) is 11.1 Å². The Morgan fingerprint density at radius 3 is 2.85 bits per heavy atom. The van der Waals surface area contributed by atoms with Crippen LogP contribution in [0.2, 0.25) is 0 Å². The van der Waals surface area contributed by atoms with Crippen molar-refractivity contribution in [3.8, 4) is 0 Å². The number of anilines is 1. The number of aromatic nitrogens is 5. The molecule has 0 bridgehead atoms. The predicted molar refractivity (Wildman–Crippen MR) is 102 cm³/mol. The van der Waals surface area contributed by atoms with E-state index in [1.807, 2.05) is 4.68 Å². The maximum absolute atomic E-state index is 12.3. The number of hydrogen-bond donors (Lipinski definition) is 1. The average molecular weight is 411 g/mol. The molecule has 0 unspecified atom stereocenters. The second-order valence-electron chi connectivity index (χ2n) is 6.19. The van der Waals surface area contributed by atoms with Crippen LogP contribution in [0.3, 0.4) is 0 Å². The van der Waals surface area contributed by atoms with E-state index in [-0.39, 0.29) is 11.7 Å². The summed E-state index contributed by atoms with van der Waals surface area (Å²) in [6.07, 6.45) is 5.76. The highest BCUT2D eigenvalue weighted by molar-refractivity contribution is 7.99. The van der Waals surface area contributed by atoms with Gasteiger partial charge in [0.15, 0.2) is 5.13 Å². The van der Waals surface area contributed by atoms with Crippen LogP contribution in [-0.2, 0) is 9.53 Å². The van der Waals surface area contributed by atoms with E-state index in [0.29, 0.717) is 33.5 Å². The van der Waals surface area contributed by atoms with Gasteiger partial charge in [-0.1, -0.05) is 42.4 Å². The Morgan fingerprint density at radius 2 is 2.11 bits per heavy atom. The number of thiazole rings is 1. The van der Waals surface area contributed by atoms with Gasteiger partial charge in [-0.3, -0.25) is 4.79 Å². The van der Waals surface area contributed by atoms with Crippen LogP contribution in [0.4, 0.5) is 5.13 Å². The Morgan fingerprint density at radius 1 is 1.33 bits per heavy atom. The monoisotopic (exact) mass is 410 g/mol. The third-order valence-electron chi connectivity index (χ3n) is 4.22. The van der Waals surface area contributed by atoms with Gasteiger partial charge in [-0.25, -0.2) is 14.5 Å². The van der Waals surface area contributed by atoms with E-state index in [9.17, 15) is 9.59 Å². The highest BCUT2D eigenvalue weighted by Gasteiger charge is 2.21. The van der Waals surface area contributed by atoms with Crippen LogP contribution in [0, 0.1) is 6.92 Å². The van der Waals surface area contributed by atoms with Crippen molar-refractivity contribution in [1.82, 2.24) is 25.2 Å². The quantitative estimate of drug-likeness (QED) is 0.548. The molecule has 9 nitrogen and oxygen atoms in total. The lowest BCUT2D eigenvalue weighted by Gasteiger charge is -2.21. The molecule has 27 heavy (non-hydrogen) atoms. The number of carbonyl (C=O) groups excluding carboxylic acids is 2. The van der Waals surface area contributed by atoms with Gasteiger partial charge in [0.25, 0.3) is 0 Å². The first-order valence-electron chi connectivity index (χ1n) is 8.93.